The Bertz CT molecular complexity index is 1390. The Morgan fingerprint density at radius 2 is 1.59 bits per heavy atom. The van der Waals surface area contributed by atoms with Gasteiger partial charge in [-0.3, -0.25) is 4.79 Å². The molecule has 0 unspecified atom stereocenters. The van der Waals surface area contributed by atoms with Crippen LogP contribution in [0, 0.1) is 13.8 Å². The lowest BCUT2D eigenvalue weighted by Gasteiger charge is -2.37. The normalized spacial score (nSPS) is 16.7. The summed E-state index contributed by atoms with van der Waals surface area (Å²) in [7, 11) is -3.68. The molecule has 2 aliphatic heterocycles. The van der Waals surface area contributed by atoms with E-state index in [4.69, 9.17) is 0 Å². The lowest BCUT2D eigenvalue weighted by atomic mass is 10.1. The standard InChI is InChI=1S/C26H26N4O3S/c1-18-6-5-8-23(19(18)2)29-14-16-30(17-15-29)26(31)20-10-12-21(13-11-20)27-25-22-7-3-4-9-24(22)34(32,33)28-25/h3-13H,14-17H2,1-2H3,(H,27,28). The number of nitrogens with zero attached hydrogens (tertiary/aromatic N) is 3. The first-order valence-corrected chi connectivity index (χ1v) is 12.7. The van der Waals surface area contributed by atoms with E-state index in [1.165, 1.54) is 16.8 Å². The van der Waals surface area contributed by atoms with E-state index in [9.17, 15) is 13.2 Å². The summed E-state index contributed by atoms with van der Waals surface area (Å²) in [6.07, 6.45) is 0. The van der Waals surface area contributed by atoms with Crippen molar-refractivity contribution in [2.75, 3.05) is 36.4 Å². The van der Waals surface area contributed by atoms with Gasteiger partial charge in [0.05, 0.1) is 0 Å². The van der Waals surface area contributed by atoms with Crippen molar-refractivity contribution in [2.24, 2.45) is 4.40 Å². The van der Waals surface area contributed by atoms with Gasteiger partial charge >= 0.3 is 0 Å². The Morgan fingerprint density at radius 1 is 0.882 bits per heavy atom. The fourth-order valence-corrected chi connectivity index (χ4v) is 5.62. The Morgan fingerprint density at radius 3 is 2.32 bits per heavy atom. The van der Waals surface area contributed by atoms with Crippen LogP contribution in [0.2, 0.25) is 0 Å². The molecule has 2 heterocycles. The van der Waals surface area contributed by atoms with Gasteiger partial charge in [-0.1, -0.05) is 24.3 Å². The molecule has 3 aromatic rings. The molecule has 2 aliphatic rings. The molecule has 8 heteroatoms. The maximum absolute atomic E-state index is 13.1. The first kappa shape index (κ1) is 22.2. The van der Waals surface area contributed by atoms with E-state index in [0.29, 0.717) is 29.9 Å². The predicted octanol–water partition coefficient (Wildman–Crippen LogP) is 3.83. The van der Waals surface area contributed by atoms with Crippen LogP contribution in [0.15, 0.2) is 76.0 Å². The molecule has 174 valence electrons. The van der Waals surface area contributed by atoms with Gasteiger partial charge in [-0.05, 0) is 67.4 Å². The van der Waals surface area contributed by atoms with E-state index in [2.05, 4.69) is 46.7 Å². The number of benzene rings is 3. The van der Waals surface area contributed by atoms with Crippen LogP contribution in [-0.2, 0) is 10.0 Å². The summed E-state index contributed by atoms with van der Waals surface area (Å²) in [6.45, 7) is 7.18. The minimum atomic E-state index is -3.68. The number of rotatable bonds is 3. The summed E-state index contributed by atoms with van der Waals surface area (Å²) in [6, 6.07) is 20.1. The van der Waals surface area contributed by atoms with Crippen LogP contribution in [0.5, 0.6) is 0 Å². The minimum Gasteiger partial charge on any atom is -0.368 e. The van der Waals surface area contributed by atoms with Gasteiger partial charge in [-0.25, -0.2) is 0 Å². The second-order valence-electron chi connectivity index (χ2n) is 8.61. The topological polar surface area (TPSA) is 82.1 Å². The smallest absolute Gasteiger partial charge is 0.285 e. The number of anilines is 2. The molecule has 0 aromatic heterocycles. The van der Waals surface area contributed by atoms with Crippen molar-refractivity contribution >= 4 is 33.1 Å². The van der Waals surface area contributed by atoms with Gasteiger partial charge in [0.2, 0.25) is 0 Å². The molecule has 1 amide bonds. The third kappa shape index (κ3) is 4.05. The maximum atomic E-state index is 13.1. The van der Waals surface area contributed by atoms with Gasteiger partial charge in [-0.2, -0.15) is 8.42 Å². The molecule has 7 nitrogen and oxygen atoms in total. The minimum absolute atomic E-state index is 0.00158. The summed E-state index contributed by atoms with van der Waals surface area (Å²) in [5.41, 5.74) is 5.61. The summed E-state index contributed by atoms with van der Waals surface area (Å²) >= 11 is 0. The molecule has 5 rings (SSSR count). The van der Waals surface area contributed by atoms with Crippen LogP contribution in [0.1, 0.15) is 27.0 Å². The molecule has 0 aliphatic carbocycles. The fraction of sp³-hybridized carbons (Fsp3) is 0.231. The van der Waals surface area contributed by atoms with Gasteiger partial charge in [0.1, 0.15) is 4.90 Å². The number of carbonyl (C=O) groups is 1. The highest BCUT2D eigenvalue weighted by Gasteiger charge is 2.28. The quantitative estimate of drug-likeness (QED) is 0.624. The van der Waals surface area contributed by atoms with E-state index in [1.807, 2.05) is 4.90 Å². The first-order valence-electron chi connectivity index (χ1n) is 11.3. The highest BCUT2D eigenvalue weighted by Crippen LogP contribution is 2.27. The van der Waals surface area contributed by atoms with Crippen molar-refractivity contribution in [3.8, 4) is 0 Å². The Hall–Kier alpha value is -3.65. The third-order valence-electron chi connectivity index (χ3n) is 6.51. The molecule has 34 heavy (non-hydrogen) atoms. The molecule has 1 N–H and O–H groups in total. The molecule has 1 saturated heterocycles. The second-order valence-corrected chi connectivity index (χ2v) is 10.2. The number of carbonyl (C=O) groups excluding carboxylic acids is 1. The number of nitrogens with one attached hydrogen (secondary N) is 1. The predicted molar refractivity (Wildman–Crippen MR) is 134 cm³/mol. The lowest BCUT2D eigenvalue weighted by Crippen LogP contribution is -2.49. The SMILES string of the molecule is Cc1cccc(N2CCN(C(=O)c3ccc(NC4=NS(=O)(=O)c5ccccc54)cc3)CC2)c1C. The number of hydrogen-bond donors (Lipinski definition) is 1. The zero-order valence-corrected chi connectivity index (χ0v) is 20.0. The molecule has 3 aromatic carbocycles. The number of fused-ring (bicyclic) bond motifs is 1. The molecule has 0 saturated carbocycles. The van der Waals surface area contributed by atoms with Gasteiger partial charge in [0.25, 0.3) is 15.9 Å². The molecular weight excluding hydrogens is 448 g/mol. The Labute approximate surface area is 199 Å². The average molecular weight is 475 g/mol. The number of aryl methyl sites for hydroxylation is 1. The van der Waals surface area contributed by atoms with Crippen molar-refractivity contribution in [3.05, 3.63) is 89.0 Å². The molecular formula is C26H26N4O3S. The van der Waals surface area contributed by atoms with Crippen molar-refractivity contribution in [2.45, 2.75) is 18.7 Å². The number of piperazine rings is 1. The van der Waals surface area contributed by atoms with Crippen LogP contribution in [0.3, 0.4) is 0 Å². The maximum Gasteiger partial charge on any atom is 0.285 e. The monoisotopic (exact) mass is 474 g/mol. The number of amides is 1. The van der Waals surface area contributed by atoms with Gasteiger partial charge in [-0.15, -0.1) is 4.40 Å². The van der Waals surface area contributed by atoms with Crippen molar-refractivity contribution in [1.29, 1.82) is 0 Å². The van der Waals surface area contributed by atoms with E-state index in [-0.39, 0.29) is 16.6 Å². The highest BCUT2D eigenvalue weighted by molar-refractivity contribution is 7.90. The highest BCUT2D eigenvalue weighted by atomic mass is 32.2. The number of amidine groups is 1. The van der Waals surface area contributed by atoms with E-state index < -0.39 is 10.0 Å². The van der Waals surface area contributed by atoms with Gasteiger partial charge < -0.3 is 15.1 Å². The van der Waals surface area contributed by atoms with Crippen LogP contribution < -0.4 is 10.2 Å². The molecule has 0 radical (unpaired) electrons. The summed E-state index contributed by atoms with van der Waals surface area (Å²) in [5.74, 6) is 0.288. The number of sulfonamides is 1. The van der Waals surface area contributed by atoms with Crippen molar-refractivity contribution in [3.63, 3.8) is 0 Å². The van der Waals surface area contributed by atoms with Crippen LogP contribution in [0.4, 0.5) is 11.4 Å². The van der Waals surface area contributed by atoms with E-state index >= 15 is 0 Å². The molecule has 0 spiro atoms. The third-order valence-corrected chi connectivity index (χ3v) is 7.84. The largest absolute Gasteiger partial charge is 0.368 e. The van der Waals surface area contributed by atoms with Crippen LogP contribution in [0.25, 0.3) is 0 Å². The zero-order valence-electron chi connectivity index (χ0n) is 19.2. The average Bonchev–Trinajstić information content (AvgIpc) is 3.11. The van der Waals surface area contributed by atoms with Crippen LogP contribution in [-0.4, -0.2) is 51.2 Å². The summed E-state index contributed by atoms with van der Waals surface area (Å²) in [4.78, 5) is 17.5. The zero-order chi connectivity index (χ0) is 23.9. The van der Waals surface area contributed by atoms with Crippen molar-refractivity contribution < 1.29 is 13.2 Å². The van der Waals surface area contributed by atoms with E-state index in [1.54, 1.807) is 48.5 Å². The van der Waals surface area contributed by atoms with E-state index in [0.717, 1.165) is 13.1 Å². The lowest BCUT2D eigenvalue weighted by molar-refractivity contribution is 0.0747. The first-order chi connectivity index (χ1) is 16.3. The molecule has 1 fully saturated rings. The summed E-state index contributed by atoms with van der Waals surface area (Å²) in [5, 5.41) is 3.07. The van der Waals surface area contributed by atoms with Crippen LogP contribution >= 0.6 is 0 Å². The number of hydrogen-bond acceptors (Lipinski definition) is 5. The molecule has 0 atom stereocenters. The van der Waals surface area contributed by atoms with Gasteiger partial charge in [0, 0.05) is 48.7 Å². The summed E-state index contributed by atoms with van der Waals surface area (Å²) < 4.78 is 28.3. The van der Waals surface area contributed by atoms with Crippen molar-refractivity contribution in [1.82, 2.24) is 4.90 Å². The Kier molecular flexibility index (Phi) is 5.61. The second kappa shape index (κ2) is 8.61. The molecule has 0 bridgehead atoms. The fourth-order valence-electron chi connectivity index (χ4n) is 4.44. The van der Waals surface area contributed by atoms with Gasteiger partial charge in [0.15, 0.2) is 5.84 Å². The Balaban J connectivity index is 1.24.